The average molecular weight is 461 g/mol. The van der Waals surface area contributed by atoms with Crippen LogP contribution in [-0.4, -0.2) is 45.7 Å². The van der Waals surface area contributed by atoms with Crippen LogP contribution in [0.4, 0.5) is 4.39 Å². The lowest BCUT2D eigenvalue weighted by Crippen LogP contribution is -2.25. The van der Waals surface area contributed by atoms with Gasteiger partial charge in [-0.3, -0.25) is 19.2 Å². The number of hydrogen-bond donors (Lipinski definition) is 0. The summed E-state index contributed by atoms with van der Waals surface area (Å²) in [5.41, 5.74) is 1.89. The van der Waals surface area contributed by atoms with Crippen molar-refractivity contribution < 1.29 is 13.9 Å². The number of ether oxygens (including phenoxy) is 2. The van der Waals surface area contributed by atoms with E-state index >= 15 is 0 Å². The Morgan fingerprint density at radius 1 is 0.971 bits per heavy atom. The second-order valence-electron chi connectivity index (χ2n) is 8.25. The monoisotopic (exact) mass is 460 g/mol. The third-order valence-electron chi connectivity index (χ3n) is 5.85. The molecular weight excluding hydrogens is 435 g/mol. The van der Waals surface area contributed by atoms with Gasteiger partial charge >= 0.3 is 0 Å². The molecule has 0 amide bonds. The number of benzene rings is 1. The first-order valence-electron chi connectivity index (χ1n) is 11.4. The molecule has 1 aromatic carbocycles. The average Bonchev–Trinajstić information content (AvgIpc) is 3.37. The Hall–Kier alpha value is -3.78. The summed E-state index contributed by atoms with van der Waals surface area (Å²) in [6.07, 6.45) is 5.33. The van der Waals surface area contributed by atoms with Crippen molar-refractivity contribution in [1.82, 2.24) is 19.4 Å². The molecule has 0 radical (unpaired) electrons. The van der Waals surface area contributed by atoms with E-state index in [0.717, 1.165) is 42.4 Å². The SMILES string of the molecule is O=c1cc(OCc2ccc(F)cn2)ccn1-c1ccc2nc(OCCN3CCCC3)ccc2c1. The predicted octanol–water partition coefficient (Wildman–Crippen LogP) is 3.97. The molecule has 7 nitrogen and oxygen atoms in total. The maximum absolute atomic E-state index is 13.0. The number of nitrogens with zero attached hydrogens (tertiary/aromatic N) is 4. The molecule has 8 heteroatoms. The summed E-state index contributed by atoms with van der Waals surface area (Å²) in [5.74, 6) is 0.623. The van der Waals surface area contributed by atoms with E-state index < -0.39 is 5.82 Å². The van der Waals surface area contributed by atoms with E-state index in [1.54, 1.807) is 22.9 Å². The Balaban J connectivity index is 1.25. The van der Waals surface area contributed by atoms with Crippen molar-refractivity contribution in [3.63, 3.8) is 0 Å². The lowest BCUT2D eigenvalue weighted by atomic mass is 10.2. The molecule has 0 spiro atoms. The van der Waals surface area contributed by atoms with Crippen LogP contribution in [0.3, 0.4) is 0 Å². The van der Waals surface area contributed by atoms with Gasteiger partial charge in [-0.1, -0.05) is 0 Å². The Labute approximate surface area is 196 Å². The largest absolute Gasteiger partial charge is 0.487 e. The predicted molar refractivity (Wildman–Crippen MR) is 127 cm³/mol. The Kier molecular flexibility index (Phi) is 6.49. The van der Waals surface area contributed by atoms with Gasteiger partial charge in [0.1, 0.15) is 24.8 Å². The summed E-state index contributed by atoms with van der Waals surface area (Å²) in [4.78, 5) is 23.6. The van der Waals surface area contributed by atoms with Crippen molar-refractivity contribution in [2.75, 3.05) is 26.2 Å². The van der Waals surface area contributed by atoms with Crippen LogP contribution >= 0.6 is 0 Å². The van der Waals surface area contributed by atoms with Crippen molar-refractivity contribution in [2.24, 2.45) is 0 Å². The van der Waals surface area contributed by atoms with Crippen LogP contribution in [0.5, 0.6) is 11.6 Å². The van der Waals surface area contributed by atoms with Gasteiger partial charge in [0, 0.05) is 35.9 Å². The van der Waals surface area contributed by atoms with Crippen molar-refractivity contribution >= 4 is 10.9 Å². The molecule has 1 aliphatic rings. The van der Waals surface area contributed by atoms with Gasteiger partial charge in [-0.15, -0.1) is 0 Å². The maximum atomic E-state index is 13.0. The summed E-state index contributed by atoms with van der Waals surface area (Å²) in [6, 6.07) is 15.5. The molecule has 4 heterocycles. The minimum absolute atomic E-state index is 0.147. The van der Waals surface area contributed by atoms with Crippen LogP contribution in [0.15, 0.2) is 71.8 Å². The van der Waals surface area contributed by atoms with E-state index in [2.05, 4.69) is 14.9 Å². The number of likely N-dealkylation sites (tertiary alicyclic amines) is 1. The van der Waals surface area contributed by atoms with Crippen molar-refractivity contribution in [3.8, 4) is 17.3 Å². The lowest BCUT2D eigenvalue weighted by molar-refractivity contribution is 0.232. The fraction of sp³-hybridized carbons (Fsp3) is 0.269. The zero-order valence-electron chi connectivity index (χ0n) is 18.7. The smallest absolute Gasteiger partial charge is 0.258 e. The second kappa shape index (κ2) is 10.0. The molecule has 0 unspecified atom stereocenters. The first kappa shape index (κ1) is 22.0. The molecule has 3 aromatic heterocycles. The summed E-state index contributed by atoms with van der Waals surface area (Å²) in [5, 5.41) is 0.916. The fourth-order valence-corrected chi connectivity index (χ4v) is 4.02. The Morgan fingerprint density at radius 3 is 2.65 bits per heavy atom. The van der Waals surface area contributed by atoms with Crippen molar-refractivity contribution in [3.05, 3.63) is 88.9 Å². The van der Waals surface area contributed by atoms with E-state index in [1.165, 1.54) is 25.0 Å². The van der Waals surface area contributed by atoms with E-state index in [9.17, 15) is 9.18 Å². The Bertz CT molecular complexity index is 1330. The van der Waals surface area contributed by atoms with Crippen LogP contribution < -0.4 is 15.0 Å². The number of halogens is 1. The molecule has 1 fully saturated rings. The van der Waals surface area contributed by atoms with Crippen LogP contribution in [0.1, 0.15) is 18.5 Å². The summed E-state index contributed by atoms with van der Waals surface area (Å²) < 4.78 is 26.0. The number of pyridine rings is 3. The zero-order valence-corrected chi connectivity index (χ0v) is 18.7. The topological polar surface area (TPSA) is 69.5 Å². The summed E-state index contributed by atoms with van der Waals surface area (Å²) in [6.45, 7) is 3.98. The van der Waals surface area contributed by atoms with E-state index in [4.69, 9.17) is 9.47 Å². The zero-order chi connectivity index (χ0) is 23.3. The summed E-state index contributed by atoms with van der Waals surface area (Å²) in [7, 11) is 0. The van der Waals surface area contributed by atoms with Gasteiger partial charge in [0.2, 0.25) is 5.88 Å². The van der Waals surface area contributed by atoms with Gasteiger partial charge in [0.15, 0.2) is 0 Å². The summed E-state index contributed by atoms with van der Waals surface area (Å²) >= 11 is 0. The number of hydrogen-bond acceptors (Lipinski definition) is 6. The number of fused-ring (bicyclic) bond motifs is 1. The third-order valence-corrected chi connectivity index (χ3v) is 5.85. The van der Waals surface area contributed by atoms with Gasteiger partial charge < -0.3 is 9.47 Å². The van der Waals surface area contributed by atoms with Gasteiger partial charge in [-0.25, -0.2) is 9.37 Å². The first-order valence-corrected chi connectivity index (χ1v) is 11.4. The Morgan fingerprint density at radius 2 is 1.85 bits per heavy atom. The standard InChI is InChI=1S/C26H25FN4O3/c27-20-4-5-21(28-17-20)18-34-23-9-12-31(26(32)16-23)22-6-7-24-19(15-22)3-8-25(29-24)33-14-13-30-10-1-2-11-30/h3-9,12,15-17H,1-2,10-11,13-14,18H2. The van der Waals surface area contributed by atoms with Crippen molar-refractivity contribution in [2.45, 2.75) is 19.4 Å². The maximum Gasteiger partial charge on any atom is 0.258 e. The highest BCUT2D eigenvalue weighted by Gasteiger charge is 2.11. The molecule has 4 aromatic rings. The minimum Gasteiger partial charge on any atom is -0.487 e. The number of aromatic nitrogens is 3. The molecule has 0 bridgehead atoms. The minimum atomic E-state index is -0.404. The third kappa shape index (κ3) is 5.23. The quantitative estimate of drug-likeness (QED) is 0.396. The second-order valence-corrected chi connectivity index (χ2v) is 8.25. The van der Waals surface area contributed by atoms with Crippen LogP contribution in [0.2, 0.25) is 0 Å². The van der Waals surface area contributed by atoms with E-state index in [1.807, 2.05) is 30.3 Å². The van der Waals surface area contributed by atoms with E-state index in [0.29, 0.717) is 23.9 Å². The molecule has 0 aliphatic carbocycles. The van der Waals surface area contributed by atoms with Crippen LogP contribution in [-0.2, 0) is 6.61 Å². The van der Waals surface area contributed by atoms with Gasteiger partial charge in [-0.2, -0.15) is 0 Å². The van der Waals surface area contributed by atoms with Crippen LogP contribution in [0, 0.1) is 5.82 Å². The van der Waals surface area contributed by atoms with Gasteiger partial charge in [-0.05, 0) is 68.4 Å². The van der Waals surface area contributed by atoms with Crippen LogP contribution in [0.25, 0.3) is 16.6 Å². The lowest BCUT2D eigenvalue weighted by Gasteiger charge is -2.14. The first-order chi connectivity index (χ1) is 16.6. The van der Waals surface area contributed by atoms with Crippen molar-refractivity contribution in [1.29, 1.82) is 0 Å². The fourth-order valence-electron chi connectivity index (χ4n) is 4.02. The normalized spacial score (nSPS) is 13.9. The van der Waals surface area contributed by atoms with E-state index in [-0.39, 0.29) is 12.2 Å². The molecular formula is C26H25FN4O3. The van der Waals surface area contributed by atoms with Gasteiger partial charge in [0.05, 0.1) is 17.4 Å². The highest BCUT2D eigenvalue weighted by atomic mass is 19.1. The highest BCUT2D eigenvalue weighted by Crippen LogP contribution is 2.20. The number of rotatable bonds is 8. The molecule has 5 rings (SSSR count). The molecule has 1 saturated heterocycles. The molecule has 1 aliphatic heterocycles. The molecule has 0 N–H and O–H groups in total. The highest BCUT2D eigenvalue weighted by molar-refractivity contribution is 5.81. The molecule has 34 heavy (non-hydrogen) atoms. The molecule has 0 saturated carbocycles. The molecule has 174 valence electrons. The molecule has 0 atom stereocenters. The van der Waals surface area contributed by atoms with Gasteiger partial charge in [0.25, 0.3) is 5.56 Å².